The smallest absolute Gasteiger partial charge is 0.410 e. The van der Waals surface area contributed by atoms with E-state index in [2.05, 4.69) is 0 Å². The summed E-state index contributed by atoms with van der Waals surface area (Å²) in [5.41, 5.74) is -0.0412. The molecule has 1 spiro atoms. The van der Waals surface area contributed by atoms with Gasteiger partial charge in [0.25, 0.3) is 0 Å². The largest absolute Gasteiger partial charge is 0.444 e. The number of aliphatic hydroxyl groups is 1. The molecule has 1 heterocycles. The van der Waals surface area contributed by atoms with Gasteiger partial charge in [0.15, 0.2) is 0 Å². The highest BCUT2D eigenvalue weighted by molar-refractivity contribution is 5.68. The van der Waals surface area contributed by atoms with Crippen LogP contribution in [0.25, 0.3) is 0 Å². The highest BCUT2D eigenvalue weighted by Crippen LogP contribution is 2.51. The van der Waals surface area contributed by atoms with Crippen LogP contribution in [-0.2, 0) is 9.47 Å². The SMILES string of the molecule is CC(C)(C)OC(=O)N1CCC2(CC1)CC(OC1CC(O)C1)C2. The molecule has 0 bridgehead atoms. The first-order valence-electron chi connectivity index (χ1n) is 8.56. The van der Waals surface area contributed by atoms with E-state index in [4.69, 9.17) is 9.47 Å². The minimum Gasteiger partial charge on any atom is -0.444 e. The Morgan fingerprint density at radius 3 is 2.23 bits per heavy atom. The standard InChI is InChI=1S/C17H29NO4/c1-16(2,3)22-15(20)18-6-4-17(5-7-18)10-14(11-17)21-13-8-12(19)9-13/h12-14,19H,4-11H2,1-3H3. The molecule has 3 rings (SSSR count). The minimum absolute atomic E-state index is 0.142. The summed E-state index contributed by atoms with van der Waals surface area (Å²) < 4.78 is 11.4. The van der Waals surface area contributed by atoms with E-state index in [1.807, 2.05) is 25.7 Å². The molecule has 0 aromatic rings. The molecule has 22 heavy (non-hydrogen) atoms. The molecule has 3 fully saturated rings. The van der Waals surface area contributed by atoms with E-state index in [0.29, 0.717) is 11.5 Å². The van der Waals surface area contributed by atoms with Gasteiger partial charge >= 0.3 is 6.09 Å². The highest BCUT2D eigenvalue weighted by atomic mass is 16.6. The van der Waals surface area contributed by atoms with E-state index in [1.54, 1.807) is 0 Å². The summed E-state index contributed by atoms with van der Waals surface area (Å²) in [6.07, 6.45) is 6.26. The third-order valence-corrected chi connectivity index (χ3v) is 5.25. The van der Waals surface area contributed by atoms with Gasteiger partial charge in [0.1, 0.15) is 5.60 Å². The second kappa shape index (κ2) is 5.68. The van der Waals surface area contributed by atoms with Gasteiger partial charge in [-0.05, 0) is 64.7 Å². The fraction of sp³-hybridized carbons (Fsp3) is 0.941. The summed E-state index contributed by atoms with van der Waals surface area (Å²) in [4.78, 5) is 13.9. The van der Waals surface area contributed by atoms with Gasteiger partial charge in [-0.1, -0.05) is 0 Å². The first-order chi connectivity index (χ1) is 10.2. The number of nitrogens with zero attached hydrogens (tertiary/aromatic N) is 1. The molecule has 1 saturated heterocycles. The molecular formula is C17H29NO4. The fourth-order valence-electron chi connectivity index (χ4n) is 3.82. The molecule has 0 aromatic carbocycles. The molecule has 5 heteroatoms. The predicted molar refractivity (Wildman–Crippen MR) is 82.6 cm³/mol. The number of piperidine rings is 1. The summed E-state index contributed by atoms with van der Waals surface area (Å²) in [7, 11) is 0. The highest BCUT2D eigenvalue weighted by Gasteiger charge is 2.48. The minimum atomic E-state index is -0.422. The fourth-order valence-corrected chi connectivity index (χ4v) is 3.82. The van der Waals surface area contributed by atoms with Crippen LogP contribution in [-0.4, -0.2) is 53.1 Å². The molecule has 0 aromatic heterocycles. The summed E-state index contributed by atoms with van der Waals surface area (Å²) >= 11 is 0. The van der Waals surface area contributed by atoms with E-state index in [-0.39, 0.29) is 18.3 Å². The van der Waals surface area contributed by atoms with Gasteiger partial charge in [-0.25, -0.2) is 4.79 Å². The van der Waals surface area contributed by atoms with Crippen LogP contribution in [0.5, 0.6) is 0 Å². The molecule has 0 atom stereocenters. The molecular weight excluding hydrogens is 282 g/mol. The van der Waals surface area contributed by atoms with E-state index in [0.717, 1.165) is 51.6 Å². The maximum absolute atomic E-state index is 12.1. The summed E-state index contributed by atoms with van der Waals surface area (Å²) in [5, 5.41) is 9.30. The third-order valence-electron chi connectivity index (χ3n) is 5.25. The molecule has 1 amide bonds. The Morgan fingerprint density at radius 1 is 1.14 bits per heavy atom. The number of hydrogen-bond acceptors (Lipinski definition) is 4. The van der Waals surface area contributed by atoms with E-state index < -0.39 is 5.60 Å². The summed E-state index contributed by atoms with van der Waals surface area (Å²) in [6.45, 7) is 7.30. The topological polar surface area (TPSA) is 59.0 Å². The van der Waals surface area contributed by atoms with Gasteiger partial charge in [-0.2, -0.15) is 0 Å². The van der Waals surface area contributed by atoms with Gasteiger partial charge in [0.2, 0.25) is 0 Å². The maximum Gasteiger partial charge on any atom is 0.410 e. The van der Waals surface area contributed by atoms with Gasteiger partial charge in [0, 0.05) is 13.1 Å². The van der Waals surface area contributed by atoms with Crippen molar-refractivity contribution in [3.8, 4) is 0 Å². The van der Waals surface area contributed by atoms with Crippen LogP contribution in [0, 0.1) is 5.41 Å². The number of ether oxygens (including phenoxy) is 2. The van der Waals surface area contributed by atoms with Crippen molar-refractivity contribution in [2.45, 2.75) is 83.2 Å². The quantitative estimate of drug-likeness (QED) is 0.852. The van der Waals surface area contributed by atoms with Crippen molar-refractivity contribution in [3.05, 3.63) is 0 Å². The second-order valence-electron chi connectivity index (χ2n) is 8.38. The molecule has 0 radical (unpaired) electrons. The molecule has 126 valence electrons. The lowest BCUT2D eigenvalue weighted by Gasteiger charge is -2.53. The number of hydrogen-bond donors (Lipinski definition) is 1. The normalized spacial score (nSPS) is 31.5. The lowest BCUT2D eigenvalue weighted by Crippen LogP contribution is -2.53. The lowest BCUT2D eigenvalue weighted by molar-refractivity contribution is -0.168. The first kappa shape index (κ1) is 16.1. The van der Waals surface area contributed by atoms with Gasteiger partial charge < -0.3 is 19.5 Å². The molecule has 2 saturated carbocycles. The first-order valence-corrected chi connectivity index (χ1v) is 8.56. The van der Waals surface area contributed by atoms with Gasteiger partial charge in [-0.15, -0.1) is 0 Å². The number of carbonyl (C=O) groups excluding carboxylic acids is 1. The molecule has 0 unspecified atom stereocenters. The Balaban J connectivity index is 1.38. The number of carbonyl (C=O) groups is 1. The molecule has 1 aliphatic heterocycles. The van der Waals surface area contributed by atoms with Gasteiger partial charge in [0.05, 0.1) is 18.3 Å². The van der Waals surface area contributed by atoms with Crippen LogP contribution in [0.2, 0.25) is 0 Å². The van der Waals surface area contributed by atoms with E-state index in [1.165, 1.54) is 0 Å². The average molecular weight is 311 g/mol. The number of aliphatic hydroxyl groups excluding tert-OH is 1. The van der Waals surface area contributed by atoms with Crippen molar-refractivity contribution in [1.29, 1.82) is 0 Å². The van der Waals surface area contributed by atoms with Crippen LogP contribution in [0.1, 0.15) is 59.3 Å². The van der Waals surface area contributed by atoms with Crippen LogP contribution in [0.15, 0.2) is 0 Å². The van der Waals surface area contributed by atoms with E-state index in [9.17, 15) is 9.90 Å². The Bertz CT molecular complexity index is 409. The monoisotopic (exact) mass is 311 g/mol. The zero-order valence-electron chi connectivity index (χ0n) is 14.0. The lowest BCUT2D eigenvalue weighted by atomic mass is 9.61. The maximum atomic E-state index is 12.1. The van der Waals surface area contributed by atoms with Crippen LogP contribution in [0.4, 0.5) is 4.79 Å². The second-order valence-corrected chi connectivity index (χ2v) is 8.38. The average Bonchev–Trinajstić information content (AvgIpc) is 2.33. The number of rotatable bonds is 2. The summed E-state index contributed by atoms with van der Waals surface area (Å²) in [5.74, 6) is 0. The van der Waals surface area contributed by atoms with E-state index >= 15 is 0 Å². The molecule has 5 nitrogen and oxygen atoms in total. The Morgan fingerprint density at radius 2 is 1.73 bits per heavy atom. The third kappa shape index (κ3) is 3.57. The van der Waals surface area contributed by atoms with Crippen molar-refractivity contribution in [3.63, 3.8) is 0 Å². The Labute approximate surface area is 133 Å². The predicted octanol–water partition coefficient (Wildman–Crippen LogP) is 2.71. The van der Waals surface area contributed by atoms with Crippen molar-refractivity contribution in [2.24, 2.45) is 5.41 Å². The van der Waals surface area contributed by atoms with Crippen LogP contribution in [0.3, 0.4) is 0 Å². The van der Waals surface area contributed by atoms with Crippen molar-refractivity contribution < 1.29 is 19.4 Å². The molecule has 2 aliphatic carbocycles. The van der Waals surface area contributed by atoms with Crippen LogP contribution < -0.4 is 0 Å². The summed E-state index contributed by atoms with van der Waals surface area (Å²) in [6, 6.07) is 0. The number of amides is 1. The molecule has 3 aliphatic rings. The van der Waals surface area contributed by atoms with Gasteiger partial charge in [-0.3, -0.25) is 0 Å². The van der Waals surface area contributed by atoms with Crippen molar-refractivity contribution in [2.75, 3.05) is 13.1 Å². The molecule has 1 N–H and O–H groups in total. The number of likely N-dealkylation sites (tertiary alicyclic amines) is 1. The van der Waals surface area contributed by atoms with Crippen molar-refractivity contribution in [1.82, 2.24) is 4.90 Å². The Hall–Kier alpha value is -0.810. The van der Waals surface area contributed by atoms with Crippen LogP contribution >= 0.6 is 0 Å². The zero-order chi connectivity index (χ0) is 16.0. The Kier molecular flexibility index (Phi) is 4.14. The zero-order valence-corrected chi connectivity index (χ0v) is 14.0. The van der Waals surface area contributed by atoms with Crippen molar-refractivity contribution >= 4 is 6.09 Å².